The van der Waals surface area contributed by atoms with Gasteiger partial charge in [-0.1, -0.05) is 12.8 Å². The predicted octanol–water partition coefficient (Wildman–Crippen LogP) is 1.63. The van der Waals surface area contributed by atoms with Crippen molar-refractivity contribution in [2.45, 2.75) is 38.1 Å². The molecule has 1 atom stereocenters. The first kappa shape index (κ1) is 16.0. The van der Waals surface area contributed by atoms with Crippen LogP contribution in [0.5, 0.6) is 0 Å². The van der Waals surface area contributed by atoms with E-state index in [1.807, 2.05) is 0 Å². The van der Waals surface area contributed by atoms with E-state index in [1.54, 1.807) is 0 Å². The Balaban J connectivity index is 3.96. The Morgan fingerprint density at radius 1 is 1.11 bits per heavy atom. The van der Waals surface area contributed by atoms with Crippen molar-refractivity contribution >= 4 is 17.7 Å². The van der Waals surface area contributed by atoms with E-state index in [0.717, 1.165) is 6.08 Å². The van der Waals surface area contributed by atoms with Gasteiger partial charge in [0.1, 0.15) is 6.04 Å². The minimum atomic E-state index is -1.23. The molecule has 18 heavy (non-hydrogen) atoms. The summed E-state index contributed by atoms with van der Waals surface area (Å²) in [5.74, 6) is -2.61. The zero-order valence-electron chi connectivity index (χ0n) is 9.83. The second-order valence-electron chi connectivity index (χ2n) is 3.71. The monoisotopic (exact) mass is 256 g/mol. The van der Waals surface area contributed by atoms with Crippen molar-refractivity contribution in [1.82, 2.24) is 0 Å². The molecule has 0 spiro atoms. The summed E-state index contributed by atoms with van der Waals surface area (Å²) >= 11 is 0. The highest BCUT2D eigenvalue weighted by atomic mass is 16.4. The van der Waals surface area contributed by atoms with Gasteiger partial charge in [0.2, 0.25) is 0 Å². The third kappa shape index (κ3) is 8.14. The molecule has 0 saturated carbocycles. The van der Waals surface area contributed by atoms with E-state index >= 15 is 0 Å². The molecule has 100 valence electrons. The molecule has 0 amide bonds. The molecular weight excluding hydrogens is 240 g/mol. The van der Waals surface area contributed by atoms with Gasteiger partial charge in [-0.15, -0.1) is 0 Å². The largest absolute Gasteiger partial charge is 0.481 e. The third-order valence-electron chi connectivity index (χ3n) is 2.24. The number of carboxylic acids is 2. The molecule has 0 heterocycles. The second-order valence-corrected chi connectivity index (χ2v) is 3.71. The van der Waals surface area contributed by atoms with Crippen LogP contribution in [0.4, 0.5) is 0 Å². The van der Waals surface area contributed by atoms with Crippen LogP contribution in [0.15, 0.2) is 17.3 Å². The number of nitrogens with one attached hydrogen (secondary N) is 1. The lowest BCUT2D eigenvalue weighted by Gasteiger charge is -2.06. The topological polar surface area (TPSA) is 128 Å². The lowest BCUT2D eigenvalue weighted by atomic mass is 10.0. The van der Waals surface area contributed by atoms with Crippen LogP contribution in [-0.2, 0) is 14.4 Å². The molecule has 3 N–H and O–H groups in total. The minimum Gasteiger partial charge on any atom is -0.481 e. The molecule has 0 aromatic carbocycles. The van der Waals surface area contributed by atoms with Gasteiger partial charge >= 0.3 is 11.9 Å². The fourth-order valence-corrected chi connectivity index (χ4v) is 1.33. The SMILES string of the molecule is N=NC(CCCCCC(=O)O)C(=O)/C=C\C(=O)O. The van der Waals surface area contributed by atoms with Gasteiger partial charge in [0.05, 0.1) is 0 Å². The van der Waals surface area contributed by atoms with E-state index in [9.17, 15) is 14.4 Å². The van der Waals surface area contributed by atoms with E-state index in [-0.39, 0.29) is 6.42 Å². The number of rotatable bonds is 10. The molecule has 0 aliphatic rings. The average Bonchev–Trinajstić information content (AvgIpc) is 2.30. The molecule has 0 aromatic rings. The first-order valence-electron chi connectivity index (χ1n) is 5.50. The summed E-state index contributed by atoms with van der Waals surface area (Å²) in [4.78, 5) is 31.8. The van der Waals surface area contributed by atoms with Crippen molar-refractivity contribution in [3.63, 3.8) is 0 Å². The van der Waals surface area contributed by atoms with Gasteiger partial charge in [-0.2, -0.15) is 5.11 Å². The van der Waals surface area contributed by atoms with E-state index < -0.39 is 23.8 Å². The number of nitrogens with zero attached hydrogens (tertiary/aromatic N) is 1. The van der Waals surface area contributed by atoms with Gasteiger partial charge in [0.25, 0.3) is 0 Å². The Kier molecular flexibility index (Phi) is 8.00. The molecule has 7 heteroatoms. The molecule has 0 aromatic heterocycles. The van der Waals surface area contributed by atoms with Gasteiger partial charge in [-0.05, 0) is 18.9 Å². The summed E-state index contributed by atoms with van der Waals surface area (Å²) in [6, 6.07) is -0.870. The Hall–Kier alpha value is -2.05. The van der Waals surface area contributed by atoms with Gasteiger partial charge in [-0.3, -0.25) is 9.59 Å². The molecule has 7 nitrogen and oxygen atoms in total. The van der Waals surface area contributed by atoms with Crippen molar-refractivity contribution in [3.8, 4) is 0 Å². The van der Waals surface area contributed by atoms with Crippen LogP contribution in [0.3, 0.4) is 0 Å². The number of ketones is 1. The molecule has 0 bridgehead atoms. The summed E-state index contributed by atoms with van der Waals surface area (Å²) in [6.07, 6.45) is 3.73. The second kappa shape index (κ2) is 9.03. The Labute approximate surface area is 104 Å². The third-order valence-corrected chi connectivity index (χ3v) is 2.24. The molecular formula is C11H16N2O5. The van der Waals surface area contributed by atoms with Crippen LogP contribution in [0.1, 0.15) is 32.1 Å². The van der Waals surface area contributed by atoms with E-state index in [1.165, 1.54) is 0 Å². The maximum absolute atomic E-state index is 11.4. The normalized spacial score (nSPS) is 12.2. The highest BCUT2D eigenvalue weighted by Gasteiger charge is 2.14. The zero-order chi connectivity index (χ0) is 14.0. The van der Waals surface area contributed by atoms with E-state index in [4.69, 9.17) is 15.7 Å². The van der Waals surface area contributed by atoms with Crippen LogP contribution in [0, 0.1) is 5.53 Å². The van der Waals surface area contributed by atoms with Gasteiger partial charge < -0.3 is 10.2 Å². The molecule has 0 rings (SSSR count). The highest BCUT2D eigenvalue weighted by molar-refractivity contribution is 5.98. The Morgan fingerprint density at radius 3 is 2.28 bits per heavy atom. The molecule has 0 aliphatic carbocycles. The standard InChI is InChI=1S/C11H16N2O5/c12-13-8(9(14)6-7-11(17)18)4-2-1-3-5-10(15)16/h6-8,12H,1-5H2,(H,15,16)(H,17,18)/b7-6-,13-12?. The number of aliphatic carboxylic acids is 2. The summed E-state index contributed by atoms with van der Waals surface area (Å²) in [7, 11) is 0. The highest BCUT2D eigenvalue weighted by Crippen LogP contribution is 2.09. The Bertz CT molecular complexity index is 351. The lowest BCUT2D eigenvalue weighted by molar-refractivity contribution is -0.137. The molecule has 0 saturated heterocycles. The Morgan fingerprint density at radius 2 is 1.78 bits per heavy atom. The lowest BCUT2D eigenvalue weighted by Crippen LogP contribution is -2.16. The zero-order valence-corrected chi connectivity index (χ0v) is 9.83. The van der Waals surface area contributed by atoms with E-state index in [0.29, 0.717) is 31.8 Å². The predicted molar refractivity (Wildman–Crippen MR) is 61.4 cm³/mol. The van der Waals surface area contributed by atoms with Crippen molar-refractivity contribution in [2.24, 2.45) is 5.11 Å². The van der Waals surface area contributed by atoms with Crippen molar-refractivity contribution < 1.29 is 24.6 Å². The van der Waals surface area contributed by atoms with Crippen molar-refractivity contribution in [3.05, 3.63) is 12.2 Å². The maximum atomic E-state index is 11.4. The smallest absolute Gasteiger partial charge is 0.328 e. The summed E-state index contributed by atoms with van der Waals surface area (Å²) < 4.78 is 0. The fraction of sp³-hybridized carbons (Fsp3) is 0.545. The number of carboxylic acid groups (broad SMARTS) is 2. The number of carbonyl (C=O) groups excluding carboxylic acids is 1. The summed E-state index contributed by atoms with van der Waals surface area (Å²) in [5.41, 5.74) is 6.85. The van der Waals surface area contributed by atoms with Gasteiger partial charge in [0, 0.05) is 12.5 Å². The van der Waals surface area contributed by atoms with Crippen molar-refractivity contribution in [2.75, 3.05) is 0 Å². The van der Waals surface area contributed by atoms with Crippen LogP contribution in [0.2, 0.25) is 0 Å². The van der Waals surface area contributed by atoms with Crippen LogP contribution >= 0.6 is 0 Å². The van der Waals surface area contributed by atoms with Gasteiger partial charge in [-0.25, -0.2) is 10.3 Å². The quantitative estimate of drug-likeness (QED) is 0.311. The van der Waals surface area contributed by atoms with Crippen LogP contribution in [0.25, 0.3) is 0 Å². The first-order chi connectivity index (χ1) is 8.47. The fourth-order valence-electron chi connectivity index (χ4n) is 1.33. The van der Waals surface area contributed by atoms with E-state index in [2.05, 4.69) is 5.11 Å². The molecule has 0 radical (unpaired) electrons. The molecule has 1 unspecified atom stereocenters. The maximum Gasteiger partial charge on any atom is 0.328 e. The van der Waals surface area contributed by atoms with Gasteiger partial charge in [0.15, 0.2) is 5.78 Å². The number of hydrogen-bond acceptors (Lipinski definition) is 5. The van der Waals surface area contributed by atoms with Crippen LogP contribution < -0.4 is 0 Å². The average molecular weight is 256 g/mol. The van der Waals surface area contributed by atoms with Crippen LogP contribution in [-0.4, -0.2) is 34.0 Å². The number of hydrogen-bond donors (Lipinski definition) is 3. The summed E-state index contributed by atoms with van der Waals surface area (Å²) in [6.45, 7) is 0. The first-order valence-corrected chi connectivity index (χ1v) is 5.50. The molecule has 0 aliphatic heterocycles. The van der Waals surface area contributed by atoms with Crippen molar-refractivity contribution in [1.29, 1.82) is 5.53 Å². The summed E-state index contributed by atoms with van der Waals surface area (Å²) in [5, 5.41) is 19.9. The minimum absolute atomic E-state index is 0.0789. The molecule has 0 fully saturated rings. The number of unbranched alkanes of at least 4 members (excludes halogenated alkanes) is 2. The number of carbonyl (C=O) groups is 3.